The highest BCUT2D eigenvalue weighted by atomic mass is 16.6. The zero-order valence-corrected chi connectivity index (χ0v) is 12.6. The van der Waals surface area contributed by atoms with Gasteiger partial charge in [-0.1, -0.05) is 0 Å². The van der Waals surface area contributed by atoms with Gasteiger partial charge in [0, 0.05) is 43.2 Å². The summed E-state index contributed by atoms with van der Waals surface area (Å²) in [7, 11) is 0. The Morgan fingerprint density at radius 2 is 2.00 bits per heavy atom. The molecule has 6 heteroatoms. The fraction of sp³-hybridized carbons (Fsp3) is 0.294. The van der Waals surface area contributed by atoms with Crippen LogP contribution in [0.25, 0.3) is 22.4 Å². The molecule has 0 saturated carbocycles. The Balaban J connectivity index is 1.90. The zero-order valence-electron chi connectivity index (χ0n) is 12.6. The Bertz CT molecular complexity index is 830. The maximum Gasteiger partial charge on any atom is 0.163 e. The van der Waals surface area contributed by atoms with Gasteiger partial charge in [-0.05, 0) is 18.6 Å². The summed E-state index contributed by atoms with van der Waals surface area (Å²) >= 11 is 0. The van der Waals surface area contributed by atoms with E-state index in [1.54, 1.807) is 12.4 Å². The minimum atomic E-state index is 0.136. The SMILES string of the molecule is OCCCn1c(-c2cccnc2)nc2cc3c(cc21)OCCO3. The largest absolute Gasteiger partial charge is 0.486 e. The Labute approximate surface area is 133 Å². The van der Waals surface area contributed by atoms with Crippen LogP contribution in [-0.2, 0) is 6.54 Å². The van der Waals surface area contributed by atoms with Crippen molar-refractivity contribution in [3.63, 3.8) is 0 Å². The van der Waals surface area contributed by atoms with Gasteiger partial charge in [0.1, 0.15) is 19.0 Å². The molecule has 4 rings (SSSR count). The summed E-state index contributed by atoms with van der Waals surface area (Å²) in [5, 5.41) is 9.20. The third kappa shape index (κ3) is 2.51. The van der Waals surface area contributed by atoms with Gasteiger partial charge in [0.25, 0.3) is 0 Å². The average Bonchev–Trinajstić information content (AvgIpc) is 2.96. The van der Waals surface area contributed by atoms with Crippen LogP contribution in [0.4, 0.5) is 0 Å². The molecule has 0 atom stereocenters. The van der Waals surface area contributed by atoms with E-state index < -0.39 is 0 Å². The predicted octanol–water partition coefficient (Wildman–Crippen LogP) is 2.25. The lowest BCUT2D eigenvalue weighted by molar-refractivity contribution is 0.172. The number of hydrogen-bond donors (Lipinski definition) is 1. The van der Waals surface area contributed by atoms with Gasteiger partial charge in [-0.3, -0.25) is 4.98 Å². The molecule has 3 aromatic rings. The maximum absolute atomic E-state index is 9.20. The van der Waals surface area contributed by atoms with Crippen molar-refractivity contribution in [2.24, 2.45) is 0 Å². The van der Waals surface area contributed by atoms with Crippen LogP contribution in [0.3, 0.4) is 0 Å². The van der Waals surface area contributed by atoms with Crippen LogP contribution in [-0.4, -0.2) is 39.5 Å². The Morgan fingerprint density at radius 1 is 1.17 bits per heavy atom. The first kappa shape index (κ1) is 14.0. The lowest BCUT2D eigenvalue weighted by Crippen LogP contribution is -2.15. The second kappa shape index (κ2) is 5.89. The summed E-state index contributed by atoms with van der Waals surface area (Å²) < 4.78 is 13.4. The second-order valence-corrected chi connectivity index (χ2v) is 5.39. The van der Waals surface area contributed by atoms with Crippen LogP contribution in [0, 0.1) is 0 Å². The molecule has 1 N–H and O–H groups in total. The van der Waals surface area contributed by atoms with E-state index in [9.17, 15) is 5.11 Å². The first-order valence-corrected chi connectivity index (χ1v) is 7.68. The van der Waals surface area contributed by atoms with Crippen molar-refractivity contribution in [3.8, 4) is 22.9 Å². The van der Waals surface area contributed by atoms with E-state index in [1.165, 1.54) is 0 Å². The summed E-state index contributed by atoms with van der Waals surface area (Å²) in [6.45, 7) is 1.92. The van der Waals surface area contributed by atoms with Gasteiger partial charge in [0.2, 0.25) is 0 Å². The van der Waals surface area contributed by atoms with Gasteiger partial charge in [0.15, 0.2) is 11.5 Å². The number of fused-ring (bicyclic) bond motifs is 2. The average molecular weight is 311 g/mol. The van der Waals surface area contributed by atoms with E-state index in [4.69, 9.17) is 14.5 Å². The van der Waals surface area contributed by atoms with Crippen molar-refractivity contribution in [1.82, 2.24) is 14.5 Å². The highest BCUT2D eigenvalue weighted by molar-refractivity contribution is 5.84. The molecule has 1 aromatic carbocycles. The van der Waals surface area contributed by atoms with E-state index in [0.29, 0.717) is 26.2 Å². The van der Waals surface area contributed by atoms with Crippen LogP contribution >= 0.6 is 0 Å². The molecule has 2 aromatic heterocycles. The quantitative estimate of drug-likeness (QED) is 0.800. The minimum Gasteiger partial charge on any atom is -0.486 e. The number of nitrogens with zero attached hydrogens (tertiary/aromatic N) is 3. The van der Waals surface area contributed by atoms with E-state index in [0.717, 1.165) is 33.9 Å². The third-order valence-corrected chi connectivity index (χ3v) is 3.87. The molecule has 0 saturated heterocycles. The zero-order chi connectivity index (χ0) is 15.6. The fourth-order valence-corrected chi connectivity index (χ4v) is 2.83. The number of rotatable bonds is 4. The van der Waals surface area contributed by atoms with Crippen LogP contribution in [0.15, 0.2) is 36.7 Å². The number of hydrogen-bond acceptors (Lipinski definition) is 5. The Morgan fingerprint density at radius 3 is 2.74 bits per heavy atom. The summed E-state index contributed by atoms with van der Waals surface area (Å²) in [5.41, 5.74) is 2.77. The van der Waals surface area contributed by atoms with Crippen molar-refractivity contribution in [2.75, 3.05) is 19.8 Å². The minimum absolute atomic E-state index is 0.136. The molecule has 0 unspecified atom stereocenters. The molecule has 1 aliphatic heterocycles. The molecule has 0 spiro atoms. The molecule has 0 amide bonds. The topological polar surface area (TPSA) is 69.4 Å². The number of benzene rings is 1. The van der Waals surface area contributed by atoms with E-state index >= 15 is 0 Å². The highest BCUT2D eigenvalue weighted by Gasteiger charge is 2.18. The number of aliphatic hydroxyl groups excluding tert-OH is 1. The molecule has 0 aliphatic carbocycles. The third-order valence-electron chi connectivity index (χ3n) is 3.87. The normalized spacial score (nSPS) is 13.4. The van der Waals surface area contributed by atoms with Gasteiger partial charge in [0.05, 0.1) is 11.0 Å². The summed E-state index contributed by atoms with van der Waals surface area (Å²) in [6, 6.07) is 7.76. The lowest BCUT2D eigenvalue weighted by Gasteiger charge is -2.18. The number of ether oxygens (including phenoxy) is 2. The van der Waals surface area contributed by atoms with Crippen LogP contribution in [0.2, 0.25) is 0 Å². The number of pyridine rings is 1. The predicted molar refractivity (Wildman–Crippen MR) is 85.7 cm³/mol. The van der Waals surface area contributed by atoms with Gasteiger partial charge >= 0.3 is 0 Å². The maximum atomic E-state index is 9.20. The Kier molecular flexibility index (Phi) is 3.59. The van der Waals surface area contributed by atoms with Crippen LogP contribution in [0.5, 0.6) is 11.5 Å². The number of aromatic nitrogens is 3. The molecule has 0 fully saturated rings. The number of aryl methyl sites for hydroxylation is 1. The molecular weight excluding hydrogens is 294 g/mol. The second-order valence-electron chi connectivity index (χ2n) is 5.39. The van der Waals surface area contributed by atoms with Crippen molar-refractivity contribution >= 4 is 11.0 Å². The standard InChI is InChI=1S/C17H17N3O3/c21-6-2-5-20-14-10-16-15(22-7-8-23-16)9-13(14)19-17(20)12-3-1-4-18-11-12/h1,3-4,9-11,21H,2,5-8H2. The number of imidazole rings is 1. The van der Waals surface area contributed by atoms with E-state index in [1.807, 2.05) is 24.3 Å². The fourth-order valence-electron chi connectivity index (χ4n) is 2.83. The van der Waals surface area contributed by atoms with E-state index in [-0.39, 0.29) is 6.61 Å². The first-order valence-electron chi connectivity index (χ1n) is 7.68. The van der Waals surface area contributed by atoms with Gasteiger partial charge in [-0.25, -0.2) is 4.98 Å². The number of aliphatic hydroxyl groups is 1. The van der Waals surface area contributed by atoms with Crippen LogP contribution < -0.4 is 9.47 Å². The van der Waals surface area contributed by atoms with Crippen molar-refractivity contribution in [1.29, 1.82) is 0 Å². The first-order chi connectivity index (χ1) is 11.4. The smallest absolute Gasteiger partial charge is 0.163 e. The summed E-state index contributed by atoms with van der Waals surface area (Å²) in [4.78, 5) is 8.93. The van der Waals surface area contributed by atoms with Crippen molar-refractivity contribution < 1.29 is 14.6 Å². The van der Waals surface area contributed by atoms with Gasteiger partial charge in [-0.2, -0.15) is 0 Å². The molecular formula is C17H17N3O3. The van der Waals surface area contributed by atoms with E-state index in [2.05, 4.69) is 9.55 Å². The molecule has 118 valence electrons. The monoisotopic (exact) mass is 311 g/mol. The molecule has 1 aliphatic rings. The van der Waals surface area contributed by atoms with Gasteiger partial charge < -0.3 is 19.1 Å². The lowest BCUT2D eigenvalue weighted by atomic mass is 10.2. The Hall–Kier alpha value is -2.60. The summed E-state index contributed by atoms with van der Waals surface area (Å²) in [6.07, 6.45) is 4.20. The van der Waals surface area contributed by atoms with Gasteiger partial charge in [-0.15, -0.1) is 0 Å². The molecule has 6 nitrogen and oxygen atoms in total. The van der Waals surface area contributed by atoms with Crippen LogP contribution in [0.1, 0.15) is 6.42 Å². The van der Waals surface area contributed by atoms with Crippen molar-refractivity contribution in [2.45, 2.75) is 13.0 Å². The highest BCUT2D eigenvalue weighted by Crippen LogP contribution is 2.36. The summed E-state index contributed by atoms with van der Waals surface area (Å²) in [5.74, 6) is 2.31. The molecule has 0 radical (unpaired) electrons. The molecule has 0 bridgehead atoms. The molecule has 23 heavy (non-hydrogen) atoms. The molecule has 3 heterocycles. The van der Waals surface area contributed by atoms with Crippen molar-refractivity contribution in [3.05, 3.63) is 36.7 Å².